The summed E-state index contributed by atoms with van der Waals surface area (Å²) in [6.07, 6.45) is 1.24. The minimum Gasteiger partial charge on any atom is -0.489 e. The molecule has 2 aromatic carbocycles. The van der Waals surface area contributed by atoms with Crippen LogP contribution in [0.1, 0.15) is 31.9 Å². The third kappa shape index (κ3) is 3.77. The zero-order chi connectivity index (χ0) is 14.4. The molecular weight excluding hydrogens is 246 g/mol. The van der Waals surface area contributed by atoms with E-state index in [-0.39, 0.29) is 6.10 Å². The summed E-state index contributed by atoms with van der Waals surface area (Å²) in [5, 5.41) is 3.48. The Kier molecular flexibility index (Phi) is 5.05. The Labute approximate surface area is 121 Å². The van der Waals surface area contributed by atoms with Gasteiger partial charge in [0.05, 0.1) is 11.8 Å². The molecule has 0 heterocycles. The summed E-state index contributed by atoms with van der Waals surface area (Å²) in [6, 6.07) is 16.7. The van der Waals surface area contributed by atoms with Crippen molar-refractivity contribution in [3.8, 4) is 5.75 Å². The molecule has 0 radical (unpaired) electrons. The maximum absolute atomic E-state index is 5.83. The van der Waals surface area contributed by atoms with Crippen molar-refractivity contribution in [2.75, 3.05) is 5.32 Å². The highest BCUT2D eigenvalue weighted by Crippen LogP contribution is 2.25. The maximum atomic E-state index is 5.83. The first kappa shape index (κ1) is 14.4. The SMILES string of the molecule is CCc1ccccc1CNc1ccccc1OC(C)C. The van der Waals surface area contributed by atoms with Crippen molar-refractivity contribution in [2.45, 2.75) is 39.8 Å². The average Bonchev–Trinajstić information content (AvgIpc) is 2.46. The topological polar surface area (TPSA) is 21.3 Å². The van der Waals surface area contributed by atoms with Crippen LogP contribution in [0, 0.1) is 0 Å². The Morgan fingerprint density at radius 1 is 0.950 bits per heavy atom. The minimum atomic E-state index is 0.181. The number of benzene rings is 2. The van der Waals surface area contributed by atoms with Gasteiger partial charge in [0.25, 0.3) is 0 Å². The van der Waals surface area contributed by atoms with Crippen molar-refractivity contribution in [3.63, 3.8) is 0 Å². The van der Waals surface area contributed by atoms with Crippen LogP contribution in [0.15, 0.2) is 48.5 Å². The zero-order valence-corrected chi connectivity index (χ0v) is 12.5. The lowest BCUT2D eigenvalue weighted by Crippen LogP contribution is -2.09. The van der Waals surface area contributed by atoms with E-state index in [2.05, 4.69) is 42.6 Å². The fourth-order valence-electron chi connectivity index (χ4n) is 2.23. The molecule has 0 spiro atoms. The Balaban J connectivity index is 2.11. The largest absolute Gasteiger partial charge is 0.489 e. The third-order valence-corrected chi connectivity index (χ3v) is 3.22. The molecule has 2 nitrogen and oxygen atoms in total. The second kappa shape index (κ2) is 6.99. The lowest BCUT2D eigenvalue weighted by atomic mass is 10.1. The number of para-hydroxylation sites is 2. The summed E-state index contributed by atoms with van der Waals surface area (Å²) in [4.78, 5) is 0. The molecule has 0 amide bonds. The van der Waals surface area contributed by atoms with E-state index in [1.54, 1.807) is 0 Å². The van der Waals surface area contributed by atoms with E-state index in [1.807, 2.05) is 32.0 Å². The predicted molar refractivity (Wildman–Crippen MR) is 85.4 cm³/mol. The van der Waals surface area contributed by atoms with Gasteiger partial charge >= 0.3 is 0 Å². The summed E-state index contributed by atoms with van der Waals surface area (Å²) < 4.78 is 5.83. The molecule has 0 unspecified atom stereocenters. The molecule has 2 rings (SSSR count). The van der Waals surface area contributed by atoms with Gasteiger partial charge in [-0.05, 0) is 43.5 Å². The van der Waals surface area contributed by atoms with E-state index in [4.69, 9.17) is 4.74 Å². The molecule has 0 aliphatic heterocycles. The molecule has 0 fully saturated rings. The third-order valence-electron chi connectivity index (χ3n) is 3.22. The van der Waals surface area contributed by atoms with Gasteiger partial charge in [-0.2, -0.15) is 0 Å². The van der Waals surface area contributed by atoms with Crippen LogP contribution in [0.5, 0.6) is 5.75 Å². The monoisotopic (exact) mass is 269 g/mol. The standard InChI is InChI=1S/C18H23NO/c1-4-15-9-5-6-10-16(15)13-19-17-11-7-8-12-18(17)20-14(2)3/h5-12,14,19H,4,13H2,1-3H3. The zero-order valence-electron chi connectivity index (χ0n) is 12.5. The van der Waals surface area contributed by atoms with Crippen molar-refractivity contribution in [3.05, 3.63) is 59.7 Å². The van der Waals surface area contributed by atoms with Gasteiger partial charge in [0.2, 0.25) is 0 Å². The van der Waals surface area contributed by atoms with E-state index in [9.17, 15) is 0 Å². The summed E-state index contributed by atoms with van der Waals surface area (Å²) in [5.41, 5.74) is 3.78. The highest BCUT2D eigenvalue weighted by atomic mass is 16.5. The van der Waals surface area contributed by atoms with Gasteiger partial charge < -0.3 is 10.1 Å². The molecule has 106 valence electrons. The van der Waals surface area contributed by atoms with Crippen LogP contribution in [0.2, 0.25) is 0 Å². The molecule has 20 heavy (non-hydrogen) atoms. The lowest BCUT2D eigenvalue weighted by Gasteiger charge is -2.16. The number of rotatable bonds is 6. The van der Waals surface area contributed by atoms with Crippen molar-refractivity contribution < 1.29 is 4.74 Å². The molecule has 1 N–H and O–H groups in total. The van der Waals surface area contributed by atoms with Gasteiger partial charge in [-0.3, -0.25) is 0 Å². The minimum absolute atomic E-state index is 0.181. The fraction of sp³-hybridized carbons (Fsp3) is 0.333. The van der Waals surface area contributed by atoms with Crippen LogP contribution in [0.3, 0.4) is 0 Å². The number of hydrogen-bond acceptors (Lipinski definition) is 2. The van der Waals surface area contributed by atoms with Gasteiger partial charge in [0.15, 0.2) is 0 Å². The quantitative estimate of drug-likeness (QED) is 0.824. The Morgan fingerprint density at radius 2 is 1.60 bits per heavy atom. The van der Waals surface area contributed by atoms with Crippen molar-refractivity contribution in [1.82, 2.24) is 0 Å². The number of nitrogens with one attached hydrogen (secondary N) is 1. The normalized spacial score (nSPS) is 10.6. The smallest absolute Gasteiger partial charge is 0.142 e. The molecule has 2 heteroatoms. The first-order chi connectivity index (χ1) is 9.70. The molecule has 0 aliphatic carbocycles. The molecule has 0 bridgehead atoms. The van der Waals surface area contributed by atoms with Crippen LogP contribution < -0.4 is 10.1 Å². The summed E-state index contributed by atoms with van der Waals surface area (Å²) >= 11 is 0. The average molecular weight is 269 g/mol. The molecule has 0 saturated carbocycles. The van der Waals surface area contributed by atoms with Crippen molar-refractivity contribution in [1.29, 1.82) is 0 Å². The van der Waals surface area contributed by atoms with E-state index in [1.165, 1.54) is 11.1 Å². The number of ether oxygens (including phenoxy) is 1. The number of aryl methyl sites for hydroxylation is 1. The molecule has 0 saturated heterocycles. The molecule has 2 aromatic rings. The number of hydrogen-bond donors (Lipinski definition) is 1. The predicted octanol–water partition coefficient (Wildman–Crippen LogP) is 4.65. The summed E-state index contributed by atoms with van der Waals surface area (Å²) in [5.74, 6) is 0.913. The second-order valence-electron chi connectivity index (χ2n) is 5.14. The fourth-order valence-corrected chi connectivity index (χ4v) is 2.23. The van der Waals surface area contributed by atoms with Gasteiger partial charge in [-0.25, -0.2) is 0 Å². The van der Waals surface area contributed by atoms with Gasteiger partial charge in [0, 0.05) is 6.54 Å². The second-order valence-corrected chi connectivity index (χ2v) is 5.14. The van der Waals surface area contributed by atoms with Gasteiger partial charge in [0.1, 0.15) is 5.75 Å². The highest BCUT2D eigenvalue weighted by Gasteiger charge is 2.05. The Morgan fingerprint density at radius 3 is 2.30 bits per heavy atom. The number of anilines is 1. The molecular formula is C18H23NO. The Hall–Kier alpha value is -1.96. The van der Waals surface area contributed by atoms with Crippen LogP contribution in [0.4, 0.5) is 5.69 Å². The molecule has 0 aliphatic rings. The van der Waals surface area contributed by atoms with Gasteiger partial charge in [-0.15, -0.1) is 0 Å². The van der Waals surface area contributed by atoms with Crippen molar-refractivity contribution >= 4 is 5.69 Å². The van der Waals surface area contributed by atoms with Crippen LogP contribution in [-0.2, 0) is 13.0 Å². The molecule has 0 aromatic heterocycles. The molecule has 0 atom stereocenters. The summed E-state index contributed by atoms with van der Waals surface area (Å²) in [7, 11) is 0. The lowest BCUT2D eigenvalue weighted by molar-refractivity contribution is 0.243. The van der Waals surface area contributed by atoms with E-state index >= 15 is 0 Å². The Bertz CT molecular complexity index is 549. The first-order valence-corrected chi connectivity index (χ1v) is 7.27. The van der Waals surface area contributed by atoms with Crippen LogP contribution >= 0.6 is 0 Å². The maximum Gasteiger partial charge on any atom is 0.142 e. The summed E-state index contributed by atoms with van der Waals surface area (Å²) in [6.45, 7) is 7.10. The van der Waals surface area contributed by atoms with E-state index in [0.717, 1.165) is 24.4 Å². The van der Waals surface area contributed by atoms with E-state index in [0.29, 0.717) is 0 Å². The first-order valence-electron chi connectivity index (χ1n) is 7.27. The van der Waals surface area contributed by atoms with Crippen LogP contribution in [0.25, 0.3) is 0 Å². The van der Waals surface area contributed by atoms with Crippen molar-refractivity contribution in [2.24, 2.45) is 0 Å². The van der Waals surface area contributed by atoms with Crippen LogP contribution in [-0.4, -0.2) is 6.10 Å². The van der Waals surface area contributed by atoms with Gasteiger partial charge in [-0.1, -0.05) is 43.3 Å². The van der Waals surface area contributed by atoms with E-state index < -0.39 is 0 Å². The highest BCUT2D eigenvalue weighted by molar-refractivity contribution is 5.56.